The molecule has 2 aromatic heterocycles. The number of aromatic nitrogens is 6. The van der Waals surface area contributed by atoms with E-state index in [0.29, 0.717) is 30.0 Å². The number of tetrazole rings is 1. The fourth-order valence-corrected chi connectivity index (χ4v) is 3.51. The third-order valence-corrected chi connectivity index (χ3v) is 5.27. The van der Waals surface area contributed by atoms with E-state index in [-0.39, 0.29) is 11.8 Å². The van der Waals surface area contributed by atoms with Crippen molar-refractivity contribution in [3.8, 4) is 22.8 Å². The molecule has 0 aliphatic carbocycles. The molecule has 162 valence electrons. The van der Waals surface area contributed by atoms with Gasteiger partial charge in [0.05, 0.1) is 6.54 Å². The van der Waals surface area contributed by atoms with E-state index in [9.17, 15) is 13.6 Å². The number of carbonyl (C=O) groups is 1. The number of alkyl halides is 2. The van der Waals surface area contributed by atoms with Crippen LogP contribution in [0.15, 0.2) is 46.9 Å². The quantitative estimate of drug-likeness (QED) is 0.473. The van der Waals surface area contributed by atoms with Crippen LogP contribution in [0.1, 0.15) is 33.8 Å². The molecule has 0 N–H and O–H groups in total. The molecule has 0 spiro atoms. The minimum atomic E-state index is -2.81. The number of rotatable bonds is 5. The van der Waals surface area contributed by atoms with Crippen LogP contribution in [-0.4, -0.2) is 54.8 Å². The molecule has 1 aliphatic heterocycles. The van der Waals surface area contributed by atoms with Crippen LogP contribution < -0.4 is 0 Å². The Morgan fingerprint density at radius 2 is 1.84 bits per heavy atom. The molecule has 32 heavy (non-hydrogen) atoms. The van der Waals surface area contributed by atoms with Crippen LogP contribution in [0.2, 0.25) is 0 Å². The van der Waals surface area contributed by atoms with Crippen LogP contribution >= 0.6 is 0 Å². The van der Waals surface area contributed by atoms with E-state index >= 15 is 0 Å². The molecule has 1 amide bonds. The van der Waals surface area contributed by atoms with E-state index in [0.717, 1.165) is 23.1 Å². The summed E-state index contributed by atoms with van der Waals surface area (Å²) in [6.07, 6.45) is -1.99. The van der Waals surface area contributed by atoms with E-state index in [1.165, 1.54) is 4.80 Å². The molecular formula is C21H17F2N7O2. The summed E-state index contributed by atoms with van der Waals surface area (Å²) in [5.74, 6) is -0.266. The van der Waals surface area contributed by atoms with E-state index in [1.807, 2.05) is 18.2 Å². The third-order valence-electron chi connectivity index (χ3n) is 5.27. The summed E-state index contributed by atoms with van der Waals surface area (Å²) in [6, 6.07) is 12.6. The Morgan fingerprint density at radius 3 is 2.59 bits per heavy atom. The monoisotopic (exact) mass is 437 g/mol. The maximum Gasteiger partial charge on any atom is 0.314 e. The van der Waals surface area contributed by atoms with Gasteiger partial charge in [-0.1, -0.05) is 24.3 Å². The molecule has 0 unspecified atom stereocenters. The average Bonchev–Trinajstić information content (AvgIpc) is 3.47. The van der Waals surface area contributed by atoms with Crippen LogP contribution in [0.25, 0.3) is 22.8 Å². The van der Waals surface area contributed by atoms with Crippen molar-refractivity contribution in [2.75, 3.05) is 13.6 Å². The molecule has 2 aromatic carbocycles. The predicted octanol–water partition coefficient (Wildman–Crippen LogP) is 3.00. The highest BCUT2D eigenvalue weighted by Crippen LogP contribution is 2.25. The van der Waals surface area contributed by atoms with Gasteiger partial charge in [0.25, 0.3) is 11.8 Å². The Hall–Kier alpha value is -4.02. The number of likely N-dealkylation sites (N-methyl/N-ethyl adjacent to an activating group) is 1. The van der Waals surface area contributed by atoms with Crippen LogP contribution in [0, 0.1) is 0 Å². The van der Waals surface area contributed by atoms with Gasteiger partial charge >= 0.3 is 6.43 Å². The van der Waals surface area contributed by atoms with Gasteiger partial charge in [-0.25, -0.2) is 0 Å². The minimum Gasteiger partial charge on any atom is -0.415 e. The summed E-state index contributed by atoms with van der Waals surface area (Å²) in [6.45, 7) is 1.06. The molecule has 1 aliphatic rings. The highest BCUT2D eigenvalue weighted by atomic mass is 19.3. The third kappa shape index (κ3) is 3.72. The number of amides is 1. The molecule has 9 nitrogen and oxygen atoms in total. The summed E-state index contributed by atoms with van der Waals surface area (Å²) in [4.78, 5) is 15.6. The molecule has 5 rings (SSSR count). The standard InChI is InChI=1S/C21H17F2N7O2/c1-29-9-8-13-6-7-15(10-16(13)21(29)31)18-24-28-30(27-18)11-12-2-4-14(5-3-12)19-25-26-20(32-19)17(22)23/h2-7,10,17H,8-9,11H2,1H3. The van der Waals surface area contributed by atoms with Gasteiger partial charge in [-0.05, 0) is 41.0 Å². The first-order valence-corrected chi connectivity index (χ1v) is 9.85. The lowest BCUT2D eigenvalue weighted by Crippen LogP contribution is -2.34. The topological polar surface area (TPSA) is 103 Å². The maximum absolute atomic E-state index is 12.6. The molecule has 0 atom stereocenters. The zero-order valence-electron chi connectivity index (χ0n) is 16.9. The van der Waals surface area contributed by atoms with Crippen molar-refractivity contribution >= 4 is 5.91 Å². The molecule has 0 saturated heterocycles. The van der Waals surface area contributed by atoms with Gasteiger partial charge in [0.1, 0.15) is 0 Å². The van der Waals surface area contributed by atoms with Crippen LogP contribution in [0.3, 0.4) is 0 Å². The lowest BCUT2D eigenvalue weighted by atomic mass is 9.97. The number of fused-ring (bicyclic) bond motifs is 1. The fourth-order valence-electron chi connectivity index (χ4n) is 3.51. The average molecular weight is 437 g/mol. The predicted molar refractivity (Wildman–Crippen MR) is 108 cm³/mol. The highest BCUT2D eigenvalue weighted by molar-refractivity contribution is 5.97. The van der Waals surface area contributed by atoms with E-state index in [2.05, 4.69) is 25.6 Å². The highest BCUT2D eigenvalue weighted by Gasteiger charge is 2.22. The van der Waals surface area contributed by atoms with Gasteiger partial charge in [-0.2, -0.15) is 13.6 Å². The summed E-state index contributed by atoms with van der Waals surface area (Å²) in [5.41, 5.74) is 3.81. The van der Waals surface area contributed by atoms with Gasteiger partial charge in [0, 0.05) is 30.3 Å². The first kappa shape index (κ1) is 19.9. The Kier molecular flexibility index (Phi) is 4.92. The fraction of sp³-hybridized carbons (Fsp3) is 0.238. The normalized spacial score (nSPS) is 13.6. The lowest BCUT2D eigenvalue weighted by molar-refractivity contribution is 0.0781. The van der Waals surface area contributed by atoms with Gasteiger partial charge in [0.15, 0.2) is 0 Å². The van der Waals surface area contributed by atoms with Crippen molar-refractivity contribution in [3.63, 3.8) is 0 Å². The summed E-state index contributed by atoms with van der Waals surface area (Å²) in [7, 11) is 1.79. The van der Waals surface area contributed by atoms with Gasteiger partial charge in [0.2, 0.25) is 11.7 Å². The minimum absolute atomic E-state index is 0.0116. The summed E-state index contributed by atoms with van der Waals surface area (Å²) >= 11 is 0. The number of benzene rings is 2. The number of hydrogen-bond donors (Lipinski definition) is 0. The Bertz CT molecular complexity index is 1280. The SMILES string of the molecule is CN1CCc2ccc(-c3nnn(Cc4ccc(-c5nnc(C(F)F)o5)cc4)n3)cc2C1=O. The molecule has 0 saturated carbocycles. The molecule has 0 bridgehead atoms. The second-order valence-electron chi connectivity index (χ2n) is 7.44. The van der Waals surface area contributed by atoms with E-state index in [1.54, 1.807) is 36.2 Å². The van der Waals surface area contributed by atoms with Crippen molar-refractivity contribution in [1.82, 2.24) is 35.3 Å². The van der Waals surface area contributed by atoms with Crippen LogP contribution in [0.5, 0.6) is 0 Å². The first-order valence-electron chi connectivity index (χ1n) is 9.85. The van der Waals surface area contributed by atoms with E-state index < -0.39 is 12.3 Å². The lowest BCUT2D eigenvalue weighted by Gasteiger charge is -2.24. The van der Waals surface area contributed by atoms with Crippen molar-refractivity contribution in [2.24, 2.45) is 0 Å². The van der Waals surface area contributed by atoms with Crippen molar-refractivity contribution < 1.29 is 18.0 Å². The molecule has 0 fully saturated rings. The molecule has 11 heteroatoms. The Labute approximate surface area is 180 Å². The smallest absolute Gasteiger partial charge is 0.314 e. The first-order chi connectivity index (χ1) is 15.5. The number of carbonyl (C=O) groups excluding carboxylic acids is 1. The number of nitrogens with zero attached hydrogens (tertiary/aromatic N) is 7. The summed E-state index contributed by atoms with van der Waals surface area (Å²) in [5, 5.41) is 19.6. The zero-order chi connectivity index (χ0) is 22.2. The van der Waals surface area contributed by atoms with Crippen molar-refractivity contribution in [1.29, 1.82) is 0 Å². The van der Waals surface area contributed by atoms with Gasteiger partial charge in [-0.15, -0.1) is 20.4 Å². The Balaban J connectivity index is 1.32. The molecule has 4 aromatic rings. The van der Waals surface area contributed by atoms with Crippen LogP contribution in [0.4, 0.5) is 8.78 Å². The maximum atomic E-state index is 12.6. The Morgan fingerprint density at radius 1 is 1.06 bits per heavy atom. The second kappa shape index (κ2) is 7.91. The molecule has 3 heterocycles. The second-order valence-corrected chi connectivity index (χ2v) is 7.44. The van der Waals surface area contributed by atoms with E-state index in [4.69, 9.17) is 4.42 Å². The largest absolute Gasteiger partial charge is 0.415 e. The van der Waals surface area contributed by atoms with Crippen LogP contribution in [-0.2, 0) is 13.0 Å². The summed E-state index contributed by atoms with van der Waals surface area (Å²) < 4.78 is 30.2. The van der Waals surface area contributed by atoms with Gasteiger partial charge < -0.3 is 9.32 Å². The number of hydrogen-bond acceptors (Lipinski definition) is 7. The molecular weight excluding hydrogens is 420 g/mol. The molecule has 0 radical (unpaired) electrons. The zero-order valence-corrected chi connectivity index (χ0v) is 16.9. The van der Waals surface area contributed by atoms with Gasteiger partial charge in [-0.3, -0.25) is 4.79 Å². The van der Waals surface area contributed by atoms with Crippen molar-refractivity contribution in [3.05, 3.63) is 65.0 Å². The van der Waals surface area contributed by atoms with Crippen molar-refractivity contribution in [2.45, 2.75) is 19.4 Å². The number of halogens is 2.